The minimum Gasteiger partial charge on any atom is -0.310 e. The van der Waals surface area contributed by atoms with Crippen LogP contribution in [0.15, 0.2) is 0 Å². The molecule has 1 unspecified atom stereocenters. The van der Waals surface area contributed by atoms with Gasteiger partial charge in [-0.25, -0.2) is 4.68 Å². The minimum absolute atomic E-state index is 0.658. The third-order valence-electron chi connectivity index (χ3n) is 2.90. The van der Waals surface area contributed by atoms with E-state index in [1.165, 1.54) is 17.9 Å². The van der Waals surface area contributed by atoms with Gasteiger partial charge in [0.05, 0.1) is 6.54 Å². The molecule has 2 rings (SSSR count). The van der Waals surface area contributed by atoms with E-state index in [2.05, 4.69) is 34.7 Å². The minimum atomic E-state index is 0.658. The van der Waals surface area contributed by atoms with E-state index in [4.69, 9.17) is 0 Å². The lowest BCUT2D eigenvalue weighted by Gasteiger charge is -2.10. The van der Waals surface area contributed by atoms with E-state index >= 15 is 0 Å². The van der Waals surface area contributed by atoms with E-state index in [0.717, 1.165) is 31.4 Å². The van der Waals surface area contributed by atoms with Crippen LogP contribution in [0.5, 0.6) is 0 Å². The Balaban J connectivity index is 1.83. The number of rotatable bonds is 6. The van der Waals surface area contributed by atoms with Crippen molar-refractivity contribution in [3.05, 3.63) is 5.82 Å². The van der Waals surface area contributed by atoms with Gasteiger partial charge in [0.25, 0.3) is 0 Å². The van der Waals surface area contributed by atoms with Gasteiger partial charge in [-0.15, -0.1) is 5.10 Å². The summed E-state index contributed by atoms with van der Waals surface area (Å²) in [5, 5.41) is 15.3. The molecule has 96 valence electrons. The number of nitrogens with one attached hydrogen (secondary N) is 1. The summed E-state index contributed by atoms with van der Waals surface area (Å²) in [5.74, 6) is 4.90. The van der Waals surface area contributed by atoms with Gasteiger partial charge in [-0.1, -0.05) is 13.8 Å². The van der Waals surface area contributed by atoms with Crippen molar-refractivity contribution >= 4 is 11.8 Å². The zero-order valence-corrected chi connectivity index (χ0v) is 11.4. The Morgan fingerprint density at radius 2 is 2.41 bits per heavy atom. The Hall–Kier alpha value is -0.620. The maximum Gasteiger partial charge on any atom is 0.165 e. The first-order valence-corrected chi connectivity index (χ1v) is 7.44. The van der Waals surface area contributed by atoms with Crippen molar-refractivity contribution in [2.45, 2.75) is 33.4 Å². The van der Waals surface area contributed by atoms with Gasteiger partial charge in [-0.2, -0.15) is 11.8 Å². The molecule has 1 aromatic heterocycles. The number of tetrazole rings is 1. The molecule has 1 N–H and O–H groups in total. The number of thioether (sulfide) groups is 1. The third kappa shape index (κ3) is 3.96. The van der Waals surface area contributed by atoms with Crippen molar-refractivity contribution in [3.8, 4) is 0 Å². The standard InChI is InChI=1S/C11H21N5S/c1-9(2)5-12-6-11-13-14-15-16(11)7-10-3-4-17-8-10/h9-10,12H,3-8H2,1-2H3. The molecule has 1 aromatic rings. The van der Waals surface area contributed by atoms with Gasteiger partial charge in [0.2, 0.25) is 0 Å². The second kappa shape index (κ2) is 6.35. The molecular formula is C11H21N5S. The van der Waals surface area contributed by atoms with Crippen LogP contribution in [0.1, 0.15) is 26.1 Å². The SMILES string of the molecule is CC(C)CNCc1nnnn1CC1CCSC1. The lowest BCUT2D eigenvalue weighted by atomic mass is 10.1. The molecule has 1 aliphatic rings. The Kier molecular flexibility index (Phi) is 4.79. The fraction of sp³-hybridized carbons (Fsp3) is 0.909. The molecule has 0 bridgehead atoms. The number of hydrogen-bond donors (Lipinski definition) is 1. The highest BCUT2D eigenvalue weighted by Gasteiger charge is 2.18. The van der Waals surface area contributed by atoms with E-state index < -0.39 is 0 Å². The van der Waals surface area contributed by atoms with Gasteiger partial charge in [0, 0.05) is 6.54 Å². The molecule has 1 aliphatic heterocycles. The Morgan fingerprint density at radius 3 is 3.12 bits per heavy atom. The van der Waals surface area contributed by atoms with Crippen molar-refractivity contribution in [1.29, 1.82) is 0 Å². The molecule has 1 atom stereocenters. The first-order valence-electron chi connectivity index (χ1n) is 6.29. The van der Waals surface area contributed by atoms with Crippen LogP contribution >= 0.6 is 11.8 Å². The van der Waals surface area contributed by atoms with Gasteiger partial charge < -0.3 is 5.32 Å². The number of nitrogens with zero attached hydrogens (tertiary/aromatic N) is 4. The summed E-state index contributed by atoms with van der Waals surface area (Å²) >= 11 is 2.03. The molecule has 0 aliphatic carbocycles. The normalized spacial score (nSPS) is 20.3. The van der Waals surface area contributed by atoms with Gasteiger partial charge in [0.15, 0.2) is 5.82 Å². The summed E-state index contributed by atoms with van der Waals surface area (Å²) < 4.78 is 1.96. The summed E-state index contributed by atoms with van der Waals surface area (Å²) in [6.07, 6.45) is 1.30. The van der Waals surface area contributed by atoms with Crippen LogP contribution in [0.4, 0.5) is 0 Å². The van der Waals surface area contributed by atoms with E-state index in [9.17, 15) is 0 Å². The van der Waals surface area contributed by atoms with E-state index in [1.54, 1.807) is 0 Å². The molecule has 6 heteroatoms. The molecule has 0 amide bonds. The highest BCUT2D eigenvalue weighted by Crippen LogP contribution is 2.24. The summed E-state index contributed by atoms with van der Waals surface area (Å²) in [4.78, 5) is 0. The van der Waals surface area contributed by atoms with E-state index in [1.807, 2.05) is 16.4 Å². The van der Waals surface area contributed by atoms with Gasteiger partial charge in [0.1, 0.15) is 0 Å². The van der Waals surface area contributed by atoms with Crippen molar-refractivity contribution < 1.29 is 0 Å². The Morgan fingerprint density at radius 1 is 1.53 bits per heavy atom. The van der Waals surface area contributed by atoms with Crippen molar-refractivity contribution in [2.75, 3.05) is 18.1 Å². The van der Waals surface area contributed by atoms with E-state index in [-0.39, 0.29) is 0 Å². The quantitative estimate of drug-likeness (QED) is 0.827. The van der Waals surface area contributed by atoms with Crippen LogP contribution in [0.2, 0.25) is 0 Å². The topological polar surface area (TPSA) is 55.6 Å². The third-order valence-corrected chi connectivity index (χ3v) is 4.13. The zero-order valence-electron chi connectivity index (χ0n) is 10.6. The highest BCUT2D eigenvalue weighted by atomic mass is 32.2. The van der Waals surface area contributed by atoms with Crippen molar-refractivity contribution in [2.24, 2.45) is 11.8 Å². The van der Waals surface area contributed by atoms with Gasteiger partial charge >= 0.3 is 0 Å². The monoisotopic (exact) mass is 255 g/mol. The van der Waals surface area contributed by atoms with Crippen LogP contribution in [-0.4, -0.2) is 38.3 Å². The zero-order chi connectivity index (χ0) is 12.1. The predicted molar refractivity (Wildman–Crippen MR) is 69.8 cm³/mol. The Labute approximate surface area is 107 Å². The van der Waals surface area contributed by atoms with Crippen LogP contribution in [-0.2, 0) is 13.1 Å². The second-order valence-electron chi connectivity index (χ2n) is 5.03. The molecule has 0 aromatic carbocycles. The molecule has 0 saturated carbocycles. The molecular weight excluding hydrogens is 234 g/mol. The molecule has 2 heterocycles. The van der Waals surface area contributed by atoms with E-state index in [0.29, 0.717) is 5.92 Å². The fourth-order valence-electron chi connectivity index (χ4n) is 1.94. The predicted octanol–water partition coefficient (Wildman–Crippen LogP) is 1.17. The fourth-order valence-corrected chi connectivity index (χ4v) is 3.21. The lowest BCUT2D eigenvalue weighted by molar-refractivity contribution is 0.429. The summed E-state index contributed by atoms with van der Waals surface area (Å²) in [6, 6.07) is 0. The van der Waals surface area contributed by atoms with Crippen molar-refractivity contribution in [1.82, 2.24) is 25.5 Å². The van der Waals surface area contributed by atoms with Crippen LogP contribution in [0.25, 0.3) is 0 Å². The average molecular weight is 255 g/mol. The number of aromatic nitrogens is 4. The first kappa shape index (κ1) is 12.8. The van der Waals surface area contributed by atoms with Gasteiger partial charge in [-0.3, -0.25) is 0 Å². The van der Waals surface area contributed by atoms with Crippen molar-refractivity contribution in [3.63, 3.8) is 0 Å². The smallest absolute Gasteiger partial charge is 0.165 e. The molecule has 5 nitrogen and oxygen atoms in total. The maximum absolute atomic E-state index is 4.09. The lowest BCUT2D eigenvalue weighted by Crippen LogP contribution is -2.23. The summed E-state index contributed by atoms with van der Waals surface area (Å²) in [7, 11) is 0. The second-order valence-corrected chi connectivity index (χ2v) is 6.18. The van der Waals surface area contributed by atoms with Gasteiger partial charge in [-0.05, 0) is 46.7 Å². The van der Waals surface area contributed by atoms with Crippen LogP contribution in [0.3, 0.4) is 0 Å². The molecule has 0 radical (unpaired) electrons. The first-order chi connectivity index (χ1) is 8.25. The molecule has 0 spiro atoms. The average Bonchev–Trinajstić information content (AvgIpc) is 2.91. The Bertz CT molecular complexity index is 332. The molecule has 17 heavy (non-hydrogen) atoms. The maximum atomic E-state index is 4.09. The molecule has 1 fully saturated rings. The van der Waals surface area contributed by atoms with Crippen LogP contribution in [0, 0.1) is 11.8 Å². The number of hydrogen-bond acceptors (Lipinski definition) is 5. The molecule has 1 saturated heterocycles. The largest absolute Gasteiger partial charge is 0.310 e. The van der Waals surface area contributed by atoms with Crippen LogP contribution < -0.4 is 5.32 Å². The summed E-state index contributed by atoms with van der Waals surface area (Å²) in [6.45, 7) is 7.15. The highest BCUT2D eigenvalue weighted by molar-refractivity contribution is 7.99. The summed E-state index contributed by atoms with van der Waals surface area (Å²) in [5.41, 5.74) is 0.